The summed E-state index contributed by atoms with van der Waals surface area (Å²) in [7, 11) is 2.01. The number of aryl methyl sites for hydroxylation is 2. The van der Waals surface area contributed by atoms with Crippen LogP contribution in [0.5, 0.6) is 0 Å². The highest BCUT2D eigenvalue weighted by molar-refractivity contribution is 5.23. The fourth-order valence-electron chi connectivity index (χ4n) is 2.72. The monoisotopic (exact) mass is 250 g/mol. The Hall–Kier alpha value is -0.870. The lowest BCUT2D eigenvalue weighted by Crippen LogP contribution is -2.24. The van der Waals surface area contributed by atoms with Gasteiger partial charge in [-0.25, -0.2) is 0 Å². The van der Waals surface area contributed by atoms with Crippen LogP contribution in [-0.2, 0) is 13.6 Å². The van der Waals surface area contributed by atoms with Gasteiger partial charge in [0.15, 0.2) is 0 Å². The Labute approximate surface area is 110 Å². The summed E-state index contributed by atoms with van der Waals surface area (Å²) in [6.45, 7) is 10.1. The second-order valence-corrected chi connectivity index (χ2v) is 5.35. The molecule has 0 aliphatic carbocycles. The summed E-state index contributed by atoms with van der Waals surface area (Å²) in [5.41, 5.74) is 3.79. The molecule has 0 unspecified atom stereocenters. The summed E-state index contributed by atoms with van der Waals surface area (Å²) in [5.74, 6) is 0. The van der Waals surface area contributed by atoms with Crippen molar-refractivity contribution >= 4 is 0 Å². The van der Waals surface area contributed by atoms with Crippen LogP contribution in [0.25, 0.3) is 0 Å². The van der Waals surface area contributed by atoms with Gasteiger partial charge in [0.2, 0.25) is 0 Å². The predicted octanol–water partition coefficient (Wildman–Crippen LogP) is 1.61. The van der Waals surface area contributed by atoms with Gasteiger partial charge < -0.3 is 10.2 Å². The van der Waals surface area contributed by atoms with Crippen molar-refractivity contribution in [2.45, 2.75) is 39.7 Å². The average Bonchev–Trinajstić information content (AvgIpc) is 2.92. The summed E-state index contributed by atoms with van der Waals surface area (Å²) < 4.78 is 1.97. The lowest BCUT2D eigenvalue weighted by atomic mass is 10.2. The van der Waals surface area contributed by atoms with Gasteiger partial charge in [0.05, 0.1) is 5.69 Å². The highest BCUT2D eigenvalue weighted by Gasteiger charge is 2.11. The highest BCUT2D eigenvalue weighted by atomic mass is 15.3. The largest absolute Gasteiger partial charge is 0.312 e. The van der Waals surface area contributed by atoms with Crippen LogP contribution in [0.2, 0.25) is 0 Å². The van der Waals surface area contributed by atoms with E-state index in [9.17, 15) is 0 Å². The molecule has 4 nitrogen and oxygen atoms in total. The number of nitrogens with zero attached hydrogens (tertiary/aromatic N) is 3. The molecule has 0 atom stereocenters. The van der Waals surface area contributed by atoms with E-state index in [1.807, 2.05) is 11.7 Å². The first-order chi connectivity index (χ1) is 8.68. The second-order valence-electron chi connectivity index (χ2n) is 5.35. The van der Waals surface area contributed by atoms with Gasteiger partial charge in [-0.15, -0.1) is 0 Å². The Bertz CT molecular complexity index is 377. The first kappa shape index (κ1) is 13.6. The summed E-state index contributed by atoms with van der Waals surface area (Å²) in [6, 6.07) is 0. The maximum atomic E-state index is 4.44. The van der Waals surface area contributed by atoms with E-state index in [0.29, 0.717) is 0 Å². The summed E-state index contributed by atoms with van der Waals surface area (Å²) in [4.78, 5) is 2.57. The van der Waals surface area contributed by atoms with Gasteiger partial charge in [-0.2, -0.15) is 5.10 Å². The zero-order valence-corrected chi connectivity index (χ0v) is 12.0. The van der Waals surface area contributed by atoms with Gasteiger partial charge in [-0.05, 0) is 59.3 Å². The van der Waals surface area contributed by atoms with E-state index in [-0.39, 0.29) is 0 Å². The lowest BCUT2D eigenvalue weighted by Gasteiger charge is -2.14. The second kappa shape index (κ2) is 6.34. The molecule has 4 heteroatoms. The SMILES string of the molecule is Cc1nn(C)c(C)c1CNCCCN1CCCC1. The number of nitrogens with one attached hydrogen (secondary N) is 1. The van der Waals surface area contributed by atoms with Crippen LogP contribution in [0.4, 0.5) is 0 Å². The van der Waals surface area contributed by atoms with E-state index >= 15 is 0 Å². The Morgan fingerprint density at radius 2 is 1.94 bits per heavy atom. The first-order valence-corrected chi connectivity index (χ1v) is 7.10. The van der Waals surface area contributed by atoms with Crippen LogP contribution >= 0.6 is 0 Å². The molecule has 1 fully saturated rings. The molecule has 1 N–H and O–H groups in total. The molecule has 1 aliphatic heterocycles. The molecular weight excluding hydrogens is 224 g/mol. The van der Waals surface area contributed by atoms with Crippen molar-refractivity contribution in [1.82, 2.24) is 20.0 Å². The molecule has 1 aromatic heterocycles. The fraction of sp³-hybridized carbons (Fsp3) is 0.786. The molecule has 0 saturated carbocycles. The van der Waals surface area contributed by atoms with E-state index in [2.05, 4.69) is 29.2 Å². The predicted molar refractivity (Wildman–Crippen MR) is 74.7 cm³/mol. The van der Waals surface area contributed by atoms with Gasteiger partial charge in [-0.3, -0.25) is 4.68 Å². The Kier molecular flexibility index (Phi) is 4.78. The fourth-order valence-corrected chi connectivity index (χ4v) is 2.72. The Morgan fingerprint density at radius 1 is 1.22 bits per heavy atom. The molecule has 18 heavy (non-hydrogen) atoms. The molecule has 1 saturated heterocycles. The van der Waals surface area contributed by atoms with Crippen molar-refractivity contribution in [2.75, 3.05) is 26.2 Å². The molecule has 2 heterocycles. The van der Waals surface area contributed by atoms with E-state index in [1.165, 1.54) is 50.2 Å². The van der Waals surface area contributed by atoms with Crippen LogP contribution in [-0.4, -0.2) is 40.9 Å². The molecule has 1 aliphatic rings. The number of hydrogen-bond donors (Lipinski definition) is 1. The van der Waals surface area contributed by atoms with Crippen LogP contribution < -0.4 is 5.32 Å². The molecule has 0 aromatic carbocycles. The molecule has 2 rings (SSSR count). The average molecular weight is 250 g/mol. The van der Waals surface area contributed by atoms with Crippen LogP contribution in [0, 0.1) is 13.8 Å². The number of aromatic nitrogens is 2. The number of hydrogen-bond acceptors (Lipinski definition) is 3. The maximum Gasteiger partial charge on any atom is 0.0641 e. The molecular formula is C14H26N4. The van der Waals surface area contributed by atoms with E-state index < -0.39 is 0 Å². The van der Waals surface area contributed by atoms with Crippen molar-refractivity contribution < 1.29 is 0 Å². The summed E-state index contributed by atoms with van der Waals surface area (Å²) in [5, 5.41) is 7.98. The van der Waals surface area contributed by atoms with E-state index in [4.69, 9.17) is 0 Å². The standard InChI is InChI=1S/C14H26N4/c1-12-14(13(2)17(3)16-12)11-15-7-6-10-18-8-4-5-9-18/h15H,4-11H2,1-3H3. The number of rotatable bonds is 6. The smallest absolute Gasteiger partial charge is 0.0641 e. The normalized spacial score (nSPS) is 16.6. The van der Waals surface area contributed by atoms with Gasteiger partial charge in [-0.1, -0.05) is 0 Å². The number of likely N-dealkylation sites (tertiary alicyclic amines) is 1. The molecule has 0 radical (unpaired) electrons. The third-order valence-electron chi connectivity index (χ3n) is 3.99. The van der Waals surface area contributed by atoms with Crippen molar-refractivity contribution in [3.63, 3.8) is 0 Å². The minimum atomic E-state index is 0.950. The van der Waals surface area contributed by atoms with Crippen LogP contribution in [0.1, 0.15) is 36.2 Å². The topological polar surface area (TPSA) is 33.1 Å². The lowest BCUT2D eigenvalue weighted by molar-refractivity contribution is 0.331. The Balaban J connectivity index is 1.65. The van der Waals surface area contributed by atoms with Crippen molar-refractivity contribution in [3.05, 3.63) is 17.0 Å². The molecule has 102 valence electrons. The summed E-state index contributed by atoms with van der Waals surface area (Å²) >= 11 is 0. The first-order valence-electron chi connectivity index (χ1n) is 7.10. The van der Waals surface area contributed by atoms with Gasteiger partial charge in [0, 0.05) is 24.8 Å². The Morgan fingerprint density at radius 3 is 2.56 bits per heavy atom. The third kappa shape index (κ3) is 3.33. The molecule has 0 bridgehead atoms. The van der Waals surface area contributed by atoms with Crippen molar-refractivity contribution in [3.8, 4) is 0 Å². The van der Waals surface area contributed by atoms with Gasteiger partial charge in [0.25, 0.3) is 0 Å². The third-order valence-corrected chi connectivity index (χ3v) is 3.99. The van der Waals surface area contributed by atoms with E-state index in [0.717, 1.165) is 18.8 Å². The molecule has 0 amide bonds. The van der Waals surface area contributed by atoms with Crippen LogP contribution in [0.3, 0.4) is 0 Å². The molecule has 0 spiro atoms. The zero-order valence-electron chi connectivity index (χ0n) is 12.0. The van der Waals surface area contributed by atoms with Gasteiger partial charge >= 0.3 is 0 Å². The van der Waals surface area contributed by atoms with Crippen LogP contribution in [0.15, 0.2) is 0 Å². The zero-order chi connectivity index (χ0) is 13.0. The van der Waals surface area contributed by atoms with Crippen molar-refractivity contribution in [1.29, 1.82) is 0 Å². The van der Waals surface area contributed by atoms with Crippen molar-refractivity contribution in [2.24, 2.45) is 7.05 Å². The maximum absolute atomic E-state index is 4.44. The molecule has 1 aromatic rings. The minimum absolute atomic E-state index is 0.950. The summed E-state index contributed by atoms with van der Waals surface area (Å²) in [6.07, 6.45) is 4.03. The highest BCUT2D eigenvalue weighted by Crippen LogP contribution is 2.11. The minimum Gasteiger partial charge on any atom is -0.312 e. The van der Waals surface area contributed by atoms with Gasteiger partial charge in [0.1, 0.15) is 0 Å². The quantitative estimate of drug-likeness (QED) is 0.779. The van der Waals surface area contributed by atoms with E-state index in [1.54, 1.807) is 0 Å².